The van der Waals surface area contributed by atoms with Gasteiger partial charge in [-0.25, -0.2) is 0 Å². The van der Waals surface area contributed by atoms with Gasteiger partial charge < -0.3 is 14.6 Å². The number of carbonyl (C=O) groups excluding carboxylic acids is 2. The molecule has 2 heterocycles. The fourth-order valence-corrected chi connectivity index (χ4v) is 5.10. The summed E-state index contributed by atoms with van der Waals surface area (Å²) in [6, 6.07) is 19.7. The predicted molar refractivity (Wildman–Crippen MR) is 142 cm³/mol. The number of hydrogen-bond donors (Lipinski definition) is 1. The first-order valence-corrected chi connectivity index (χ1v) is 12.8. The van der Waals surface area contributed by atoms with E-state index in [1.165, 1.54) is 0 Å². The molecule has 1 saturated heterocycles. The molecule has 0 bridgehead atoms. The number of fused-ring (bicyclic) bond motifs is 1. The molecule has 0 amide bonds. The molecule has 0 saturated carbocycles. The number of ether oxygens (including phenoxy) is 2. The van der Waals surface area contributed by atoms with Gasteiger partial charge in [0.2, 0.25) is 5.78 Å². The lowest BCUT2D eigenvalue weighted by Crippen LogP contribution is -2.36. The molecule has 0 unspecified atom stereocenters. The second-order valence-corrected chi connectivity index (χ2v) is 9.63. The molecule has 5 rings (SSSR count). The normalized spacial score (nSPS) is 17.0. The van der Waals surface area contributed by atoms with Crippen LogP contribution in [0.15, 0.2) is 66.4 Å². The van der Waals surface area contributed by atoms with E-state index in [-0.39, 0.29) is 29.2 Å². The number of Topliss-reactive ketones (excluding diaryl/α,β-unsaturated/α-hetero) is 1. The summed E-state index contributed by atoms with van der Waals surface area (Å²) in [7, 11) is 0. The van der Waals surface area contributed by atoms with Crippen molar-refractivity contribution in [2.75, 3.05) is 19.7 Å². The summed E-state index contributed by atoms with van der Waals surface area (Å²) in [5.74, 6) is 0.392. The number of rotatable bonds is 6. The minimum absolute atomic E-state index is 0.0887. The molecule has 3 aromatic rings. The molecule has 3 aromatic carbocycles. The number of ketones is 1. The maximum atomic E-state index is 13.3. The van der Waals surface area contributed by atoms with Crippen molar-refractivity contribution < 1.29 is 24.2 Å². The van der Waals surface area contributed by atoms with Crippen LogP contribution < -0.4 is 4.74 Å². The van der Waals surface area contributed by atoms with Crippen LogP contribution in [0.2, 0.25) is 0 Å². The molecule has 190 valence electrons. The van der Waals surface area contributed by atoms with Crippen LogP contribution >= 0.6 is 0 Å². The zero-order valence-electron chi connectivity index (χ0n) is 21.2. The lowest BCUT2D eigenvalue weighted by atomic mass is 9.95. The molecular weight excluding hydrogens is 466 g/mol. The first-order chi connectivity index (χ1) is 17.9. The molecule has 0 atom stereocenters. The van der Waals surface area contributed by atoms with Gasteiger partial charge in [-0.1, -0.05) is 54.6 Å². The van der Waals surface area contributed by atoms with Crippen LogP contribution in [0.5, 0.6) is 11.5 Å². The van der Waals surface area contributed by atoms with E-state index in [0.29, 0.717) is 61.5 Å². The summed E-state index contributed by atoms with van der Waals surface area (Å²) in [6.45, 7) is 5.87. The van der Waals surface area contributed by atoms with E-state index >= 15 is 0 Å². The zero-order chi connectivity index (χ0) is 25.9. The highest BCUT2D eigenvalue weighted by atomic mass is 16.5. The standard InChI is InChI=1S/C31H31NO5/c1-3-36-31(35)24-13-15-32(16-14-24)19-25-26(33)17-20(2)28-29(34)27(37-30(25)28)18-21-9-11-23(12-10-21)22-7-5-4-6-8-22/h4-12,17-18,24,33H,3,13-16,19H2,1-2H3/b27-18+. The van der Waals surface area contributed by atoms with E-state index in [2.05, 4.69) is 17.0 Å². The van der Waals surface area contributed by atoms with Gasteiger partial charge in [0.05, 0.1) is 23.7 Å². The highest BCUT2D eigenvalue weighted by molar-refractivity contribution is 6.15. The van der Waals surface area contributed by atoms with Gasteiger partial charge in [-0.2, -0.15) is 0 Å². The van der Waals surface area contributed by atoms with Crippen LogP contribution in [0.4, 0.5) is 0 Å². The highest BCUT2D eigenvalue weighted by Crippen LogP contribution is 2.42. The third-order valence-electron chi connectivity index (χ3n) is 7.13. The Hall–Kier alpha value is -3.90. The van der Waals surface area contributed by atoms with E-state index < -0.39 is 0 Å². The number of phenols is 1. The number of carbonyl (C=O) groups is 2. The molecule has 0 aromatic heterocycles. The average molecular weight is 498 g/mol. The van der Waals surface area contributed by atoms with Gasteiger partial charge in [0, 0.05) is 6.54 Å². The van der Waals surface area contributed by atoms with E-state index in [9.17, 15) is 14.7 Å². The molecule has 6 heteroatoms. The Bertz CT molecular complexity index is 1340. The predicted octanol–water partition coefficient (Wildman–Crippen LogP) is 5.76. The van der Waals surface area contributed by atoms with Crippen molar-refractivity contribution in [1.82, 2.24) is 4.90 Å². The van der Waals surface area contributed by atoms with Gasteiger partial charge in [0.15, 0.2) is 5.76 Å². The fraction of sp³-hybridized carbons (Fsp3) is 0.290. The fourth-order valence-electron chi connectivity index (χ4n) is 5.10. The van der Waals surface area contributed by atoms with Crippen LogP contribution in [0, 0.1) is 12.8 Å². The summed E-state index contributed by atoms with van der Waals surface area (Å²) in [5.41, 5.74) is 4.88. The molecule has 2 aliphatic rings. The van der Waals surface area contributed by atoms with Crippen molar-refractivity contribution >= 4 is 17.8 Å². The number of aromatic hydroxyl groups is 1. The topological polar surface area (TPSA) is 76.1 Å². The first-order valence-electron chi connectivity index (χ1n) is 12.8. The Morgan fingerprint density at radius 3 is 2.43 bits per heavy atom. The van der Waals surface area contributed by atoms with Crippen molar-refractivity contribution in [3.8, 4) is 22.6 Å². The molecule has 37 heavy (non-hydrogen) atoms. The summed E-state index contributed by atoms with van der Waals surface area (Å²) >= 11 is 0. The Labute approximate surface area is 217 Å². The number of hydrogen-bond acceptors (Lipinski definition) is 6. The third-order valence-corrected chi connectivity index (χ3v) is 7.13. The summed E-state index contributed by atoms with van der Waals surface area (Å²) in [6.07, 6.45) is 3.16. The van der Waals surface area contributed by atoms with E-state index in [4.69, 9.17) is 9.47 Å². The SMILES string of the molecule is CCOC(=O)C1CCN(Cc2c(O)cc(C)c3c2O/C(=C/c2ccc(-c4ccccc4)cc2)C3=O)CC1. The number of aryl methyl sites for hydroxylation is 1. The van der Waals surface area contributed by atoms with E-state index in [1.54, 1.807) is 12.1 Å². The quantitative estimate of drug-likeness (QED) is 0.345. The van der Waals surface area contributed by atoms with Crippen LogP contribution in [0.3, 0.4) is 0 Å². The highest BCUT2D eigenvalue weighted by Gasteiger charge is 2.34. The Morgan fingerprint density at radius 2 is 1.76 bits per heavy atom. The minimum atomic E-state index is -0.179. The number of piperidine rings is 1. The first kappa shape index (κ1) is 24.8. The van der Waals surface area contributed by atoms with Gasteiger partial charge in [-0.15, -0.1) is 0 Å². The largest absolute Gasteiger partial charge is 0.507 e. The van der Waals surface area contributed by atoms with E-state index in [1.807, 2.05) is 56.3 Å². The Morgan fingerprint density at radius 1 is 1.08 bits per heavy atom. The summed E-state index contributed by atoms with van der Waals surface area (Å²) in [4.78, 5) is 27.6. The van der Waals surface area contributed by atoms with Crippen molar-refractivity contribution in [2.45, 2.75) is 33.2 Å². The number of benzene rings is 3. The Kier molecular flexibility index (Phi) is 7.10. The molecular formula is C31H31NO5. The second-order valence-electron chi connectivity index (χ2n) is 9.63. The van der Waals surface area contributed by atoms with Crippen LogP contribution in [0.1, 0.15) is 46.8 Å². The number of esters is 1. The molecule has 0 spiro atoms. The van der Waals surface area contributed by atoms with Gasteiger partial charge in [0.25, 0.3) is 0 Å². The molecule has 1 fully saturated rings. The number of likely N-dealkylation sites (tertiary alicyclic amines) is 1. The lowest BCUT2D eigenvalue weighted by Gasteiger charge is -2.31. The smallest absolute Gasteiger partial charge is 0.309 e. The van der Waals surface area contributed by atoms with Crippen molar-refractivity contribution in [1.29, 1.82) is 0 Å². The number of phenolic OH excluding ortho intramolecular Hbond substituents is 1. The van der Waals surface area contributed by atoms with E-state index in [0.717, 1.165) is 16.7 Å². The maximum absolute atomic E-state index is 13.3. The molecule has 6 nitrogen and oxygen atoms in total. The minimum Gasteiger partial charge on any atom is -0.507 e. The molecule has 2 aliphatic heterocycles. The average Bonchev–Trinajstić information content (AvgIpc) is 3.24. The third kappa shape index (κ3) is 5.16. The monoisotopic (exact) mass is 497 g/mol. The zero-order valence-corrected chi connectivity index (χ0v) is 21.2. The molecule has 0 radical (unpaired) electrons. The van der Waals surface area contributed by atoms with Crippen molar-refractivity contribution in [3.63, 3.8) is 0 Å². The van der Waals surface area contributed by atoms with Crippen molar-refractivity contribution in [3.05, 3.63) is 88.7 Å². The van der Waals surface area contributed by atoms with Gasteiger partial charge >= 0.3 is 5.97 Å². The summed E-state index contributed by atoms with van der Waals surface area (Å²) < 4.78 is 11.3. The number of allylic oxidation sites excluding steroid dienone is 1. The van der Waals surface area contributed by atoms with Gasteiger partial charge in [0.1, 0.15) is 11.5 Å². The van der Waals surface area contributed by atoms with Crippen LogP contribution in [0.25, 0.3) is 17.2 Å². The van der Waals surface area contributed by atoms with Gasteiger partial charge in [-0.3, -0.25) is 14.5 Å². The van der Waals surface area contributed by atoms with Crippen molar-refractivity contribution in [2.24, 2.45) is 5.92 Å². The van der Waals surface area contributed by atoms with Gasteiger partial charge in [-0.05, 0) is 74.2 Å². The maximum Gasteiger partial charge on any atom is 0.309 e. The molecule has 1 N–H and O–H groups in total. The van der Waals surface area contributed by atoms with Crippen LogP contribution in [-0.2, 0) is 16.1 Å². The molecule has 0 aliphatic carbocycles. The number of nitrogens with zero attached hydrogens (tertiary/aromatic N) is 1. The second kappa shape index (κ2) is 10.6. The van der Waals surface area contributed by atoms with Crippen LogP contribution in [-0.4, -0.2) is 41.5 Å². The lowest BCUT2D eigenvalue weighted by molar-refractivity contribution is -0.149. The summed E-state index contributed by atoms with van der Waals surface area (Å²) in [5, 5.41) is 10.8. The Balaban J connectivity index is 1.34.